The van der Waals surface area contributed by atoms with Crippen molar-refractivity contribution in [2.45, 2.75) is 54.4 Å². The van der Waals surface area contributed by atoms with E-state index in [0.29, 0.717) is 0 Å². The molecule has 0 fully saturated rings. The summed E-state index contributed by atoms with van der Waals surface area (Å²) in [6.45, 7) is 12.6. The Morgan fingerprint density at radius 1 is 0.889 bits per heavy atom. The molecule has 0 aromatic heterocycles. The van der Waals surface area contributed by atoms with Crippen LogP contribution in [0.25, 0.3) is 0 Å². The Kier molecular flexibility index (Phi) is 9.23. The SMILES string of the molecule is CC1=[C-]CC(C)=C1.CC1=[C-]CC(C)=C1.C[C](C)=[Ti+2]. The van der Waals surface area contributed by atoms with Crippen LogP contribution in [0.4, 0.5) is 0 Å². The van der Waals surface area contributed by atoms with Gasteiger partial charge in [0.05, 0.1) is 0 Å². The Balaban J connectivity index is 0.000000253. The van der Waals surface area contributed by atoms with Gasteiger partial charge in [0, 0.05) is 0 Å². The molecule has 0 nitrogen and oxygen atoms in total. The van der Waals surface area contributed by atoms with Crippen LogP contribution in [-0.4, -0.2) is 3.81 Å². The molecule has 0 saturated heterocycles. The van der Waals surface area contributed by atoms with Gasteiger partial charge in [-0.1, -0.05) is 27.7 Å². The number of rotatable bonds is 0. The third-order valence-electron chi connectivity index (χ3n) is 2.22. The van der Waals surface area contributed by atoms with E-state index < -0.39 is 0 Å². The summed E-state index contributed by atoms with van der Waals surface area (Å²) in [5, 5.41) is 0. The van der Waals surface area contributed by atoms with Crippen LogP contribution in [0, 0.1) is 12.2 Å². The molecule has 2 aliphatic carbocycles. The van der Waals surface area contributed by atoms with Gasteiger partial charge in [0.15, 0.2) is 0 Å². The van der Waals surface area contributed by atoms with Crippen molar-refractivity contribution < 1.29 is 20.0 Å². The molecule has 2 aliphatic rings. The predicted molar refractivity (Wildman–Crippen MR) is 78.0 cm³/mol. The molecule has 0 saturated carbocycles. The number of hydrogen-bond acceptors (Lipinski definition) is 0. The Morgan fingerprint density at radius 2 is 1.17 bits per heavy atom. The van der Waals surface area contributed by atoms with Gasteiger partial charge < -0.3 is 0 Å². The third kappa shape index (κ3) is 10.7. The Morgan fingerprint density at radius 3 is 1.22 bits per heavy atom. The molecule has 0 amide bonds. The van der Waals surface area contributed by atoms with E-state index in [-0.39, 0.29) is 0 Å². The molecule has 2 rings (SSSR count). The summed E-state index contributed by atoms with van der Waals surface area (Å²) >= 11 is 2.08. The summed E-state index contributed by atoms with van der Waals surface area (Å²) in [6, 6.07) is 0. The fourth-order valence-electron chi connectivity index (χ4n) is 1.50. The molecular formula is C17H24Ti. The molecule has 0 atom stereocenters. The first-order chi connectivity index (χ1) is 8.31. The van der Waals surface area contributed by atoms with Crippen molar-refractivity contribution in [2.24, 2.45) is 0 Å². The minimum absolute atomic E-state index is 1.05. The molecule has 18 heavy (non-hydrogen) atoms. The summed E-state index contributed by atoms with van der Waals surface area (Å²) in [4.78, 5) is 0. The van der Waals surface area contributed by atoms with E-state index in [4.69, 9.17) is 0 Å². The van der Waals surface area contributed by atoms with Gasteiger partial charge in [-0.3, -0.25) is 12.2 Å². The zero-order valence-electron chi connectivity index (χ0n) is 12.6. The van der Waals surface area contributed by atoms with E-state index in [1.807, 2.05) is 0 Å². The van der Waals surface area contributed by atoms with Crippen molar-refractivity contribution in [1.29, 1.82) is 0 Å². The van der Waals surface area contributed by atoms with Crippen LogP contribution < -0.4 is 0 Å². The normalized spacial score (nSPS) is 16.4. The van der Waals surface area contributed by atoms with Crippen molar-refractivity contribution in [2.75, 3.05) is 0 Å². The first-order valence-corrected chi connectivity index (χ1v) is 7.10. The molecule has 1 heteroatoms. The summed E-state index contributed by atoms with van der Waals surface area (Å²) < 4.78 is 1.42. The number of allylic oxidation sites excluding steroid dienone is 8. The van der Waals surface area contributed by atoms with Crippen LogP contribution in [0.2, 0.25) is 0 Å². The molecule has 0 aromatic carbocycles. The summed E-state index contributed by atoms with van der Waals surface area (Å²) in [6.07, 6.45) is 12.8. The van der Waals surface area contributed by atoms with Crippen LogP contribution in [0.3, 0.4) is 0 Å². The molecule has 0 N–H and O–H groups in total. The van der Waals surface area contributed by atoms with Crippen LogP contribution in [-0.2, 0) is 20.0 Å². The van der Waals surface area contributed by atoms with Gasteiger partial charge in [-0.25, -0.2) is 23.3 Å². The third-order valence-corrected chi connectivity index (χ3v) is 2.22. The Hall–Kier alpha value is -0.456. The van der Waals surface area contributed by atoms with Crippen LogP contribution in [0.1, 0.15) is 54.4 Å². The molecule has 0 aliphatic heterocycles. The van der Waals surface area contributed by atoms with Crippen molar-refractivity contribution in [3.63, 3.8) is 0 Å². The van der Waals surface area contributed by atoms with Crippen molar-refractivity contribution in [3.05, 3.63) is 46.6 Å². The first-order valence-electron chi connectivity index (χ1n) is 6.32. The van der Waals surface area contributed by atoms with Crippen molar-refractivity contribution in [1.82, 2.24) is 0 Å². The summed E-state index contributed by atoms with van der Waals surface area (Å²) in [7, 11) is 0. The van der Waals surface area contributed by atoms with E-state index in [9.17, 15) is 0 Å². The molecule has 96 valence electrons. The fourth-order valence-corrected chi connectivity index (χ4v) is 1.50. The van der Waals surface area contributed by atoms with Crippen molar-refractivity contribution >= 4 is 3.81 Å². The summed E-state index contributed by atoms with van der Waals surface area (Å²) in [5.74, 6) is 0. The zero-order chi connectivity index (χ0) is 14.1. The van der Waals surface area contributed by atoms with Gasteiger partial charge >= 0.3 is 37.6 Å². The van der Waals surface area contributed by atoms with Gasteiger partial charge in [0.2, 0.25) is 0 Å². The fraction of sp³-hybridized carbons (Fsp3) is 0.471. The van der Waals surface area contributed by atoms with Crippen molar-refractivity contribution in [3.8, 4) is 0 Å². The standard InChI is InChI=1S/2C7H9.C3H6.Ti/c2*1-6-3-4-7(2)5-6;1-3-2;/h2*5H,3H2,1-2H3;1-2H3;/q2*-1;;+2. The van der Waals surface area contributed by atoms with Gasteiger partial charge in [-0.15, -0.1) is 12.8 Å². The monoisotopic (exact) mass is 276 g/mol. The first kappa shape index (κ1) is 17.5. The van der Waals surface area contributed by atoms with Crippen LogP contribution in [0.15, 0.2) is 34.4 Å². The second-order valence-electron chi connectivity index (χ2n) is 5.05. The van der Waals surface area contributed by atoms with Gasteiger partial charge in [-0.05, 0) is 0 Å². The molecular weight excluding hydrogens is 252 g/mol. The molecule has 0 spiro atoms. The quantitative estimate of drug-likeness (QED) is 0.435. The average Bonchev–Trinajstić information content (AvgIpc) is 2.76. The van der Waals surface area contributed by atoms with E-state index in [2.05, 4.69) is 85.8 Å². The molecule has 0 bridgehead atoms. The summed E-state index contributed by atoms with van der Waals surface area (Å²) in [5.41, 5.74) is 5.44. The molecule has 0 heterocycles. The van der Waals surface area contributed by atoms with Crippen LogP contribution >= 0.6 is 0 Å². The molecule has 0 unspecified atom stereocenters. The zero-order valence-corrected chi connectivity index (χ0v) is 14.1. The second kappa shape index (κ2) is 9.47. The Labute approximate surface area is 124 Å². The van der Waals surface area contributed by atoms with Crippen LogP contribution in [0.5, 0.6) is 0 Å². The predicted octanol–water partition coefficient (Wildman–Crippen LogP) is 4.92. The molecule has 0 radical (unpaired) electrons. The van der Waals surface area contributed by atoms with E-state index in [0.717, 1.165) is 12.8 Å². The van der Waals surface area contributed by atoms with E-state index in [1.165, 1.54) is 26.1 Å². The Bertz CT molecular complexity index is 365. The van der Waals surface area contributed by atoms with E-state index >= 15 is 0 Å². The molecule has 0 aromatic rings. The minimum atomic E-state index is 1.05. The topological polar surface area (TPSA) is 0 Å². The second-order valence-corrected chi connectivity index (χ2v) is 6.62. The van der Waals surface area contributed by atoms with E-state index in [1.54, 1.807) is 0 Å². The average molecular weight is 276 g/mol. The van der Waals surface area contributed by atoms with Gasteiger partial charge in [0.1, 0.15) is 0 Å². The van der Waals surface area contributed by atoms with Gasteiger partial charge in [-0.2, -0.15) is 11.1 Å². The van der Waals surface area contributed by atoms with Gasteiger partial charge in [0.25, 0.3) is 0 Å². The number of hydrogen-bond donors (Lipinski definition) is 0. The maximum atomic E-state index is 3.19. The maximum absolute atomic E-state index is 3.19.